The van der Waals surface area contributed by atoms with Gasteiger partial charge in [-0.05, 0) is 79.0 Å². The predicted octanol–water partition coefficient (Wildman–Crippen LogP) is 12.9. The number of benzene rings is 6. The number of aromatic carboxylic acids is 1. The molecule has 0 aliphatic heterocycles. The molecule has 0 saturated heterocycles. The number of ketones is 2. The van der Waals surface area contributed by atoms with Gasteiger partial charge in [0, 0.05) is 47.3 Å². The van der Waals surface area contributed by atoms with E-state index in [9.17, 15) is 45.5 Å². The number of carboxylic acid groups (broad SMARTS) is 1. The second-order valence-corrected chi connectivity index (χ2v) is 16.3. The van der Waals surface area contributed by atoms with Gasteiger partial charge in [-0.15, -0.1) is 36.2 Å². The number of Topliss-reactive ketones (excluding diaryl/α,β-unsaturated/α-hetero) is 2. The third kappa shape index (κ3) is 27.1. The van der Waals surface area contributed by atoms with E-state index in [0.29, 0.717) is 71.3 Å². The molecule has 13 nitrogen and oxygen atoms in total. The Morgan fingerprint density at radius 3 is 1.43 bits per heavy atom. The molecular weight excluding hydrogens is 1030 g/mol. The summed E-state index contributed by atoms with van der Waals surface area (Å²) in [6.45, 7) is 3.79. The molecule has 7 aromatic rings. The Hall–Kier alpha value is -9.73. The van der Waals surface area contributed by atoms with Crippen molar-refractivity contribution in [3.05, 3.63) is 236 Å². The summed E-state index contributed by atoms with van der Waals surface area (Å²) in [5.74, 6) is 6.23. The Balaban J connectivity index is 0.000000352. The van der Waals surface area contributed by atoms with E-state index in [4.69, 9.17) is 29.2 Å². The fourth-order valence-corrected chi connectivity index (χ4v) is 6.38. The highest BCUT2D eigenvalue weighted by molar-refractivity contribution is 5.96. The molecule has 0 saturated carbocycles. The number of carbonyl (C=O) groups excluding carboxylic acids is 3. The first kappa shape index (κ1) is 65.4. The molecule has 79 heavy (non-hydrogen) atoms. The van der Waals surface area contributed by atoms with E-state index in [0.717, 1.165) is 35.4 Å². The Morgan fingerprint density at radius 1 is 0.646 bits per heavy atom. The maximum absolute atomic E-state index is 12.9. The number of rotatable bonds is 14. The number of hydrogen-bond acceptors (Lipinski definition) is 8. The van der Waals surface area contributed by atoms with Gasteiger partial charge in [-0.2, -0.15) is 26.3 Å². The van der Waals surface area contributed by atoms with Crippen molar-refractivity contribution in [2.24, 2.45) is 10.8 Å². The van der Waals surface area contributed by atoms with Gasteiger partial charge in [0.05, 0.1) is 49.1 Å². The molecule has 0 atom stereocenters. The van der Waals surface area contributed by atoms with Gasteiger partial charge in [0.15, 0.2) is 11.6 Å². The zero-order valence-electron chi connectivity index (χ0n) is 43.1. The van der Waals surface area contributed by atoms with E-state index in [1.54, 1.807) is 111 Å². The van der Waals surface area contributed by atoms with Crippen LogP contribution in [0.3, 0.4) is 0 Å². The molecular formula is C60H56F6N8O5. The van der Waals surface area contributed by atoms with Crippen molar-refractivity contribution in [2.75, 3.05) is 6.54 Å². The first-order chi connectivity index (χ1) is 37.6. The number of nitrogens with zero attached hydrogens (tertiary/aromatic N) is 6. The van der Waals surface area contributed by atoms with E-state index >= 15 is 0 Å². The fourth-order valence-electron chi connectivity index (χ4n) is 6.38. The standard InChI is InChI=1S/C19H17F3N4O.2C11H10O.C9H8F3N3.C7H6O2.C3H5N/c1-13-7-14(9-16(8-13)19(20,21)22)11-26-12-17(24-25-26)10-23-18(27)15-5-3-2-4-6-15;2*1-2-3-9-11(12)10-7-5-4-6-8-10;1-6-2-7(5-14-15-13)4-8(3-6)9(10,11)12;8-7(9)6-4-2-1-3-5-6;1-2-3-4/h2-9,12H,10-11H2,1H3,(H,23,27);2*1,4-8H,3,9H2;2-4H,5H2,1H3;1-5H,(H,8,9);1H,3-4H2. The zero-order chi connectivity index (χ0) is 58.6. The number of alkyl halides is 6. The van der Waals surface area contributed by atoms with Crippen LogP contribution in [0.25, 0.3) is 10.4 Å². The number of terminal acetylenes is 3. The highest BCUT2D eigenvalue weighted by Crippen LogP contribution is 2.32. The van der Waals surface area contributed by atoms with Crippen molar-refractivity contribution >= 4 is 23.4 Å². The van der Waals surface area contributed by atoms with E-state index in [2.05, 4.69) is 49.8 Å². The average molecular weight is 1080 g/mol. The maximum Gasteiger partial charge on any atom is 0.416 e. The average Bonchev–Trinajstić information content (AvgIpc) is 3.90. The molecule has 408 valence electrons. The lowest BCUT2D eigenvalue weighted by Gasteiger charge is -2.10. The van der Waals surface area contributed by atoms with E-state index in [1.807, 2.05) is 42.5 Å². The van der Waals surface area contributed by atoms with Crippen LogP contribution >= 0.6 is 0 Å². The number of amides is 1. The van der Waals surface area contributed by atoms with Crippen LogP contribution in [0.2, 0.25) is 0 Å². The predicted molar refractivity (Wildman–Crippen MR) is 291 cm³/mol. The van der Waals surface area contributed by atoms with Gasteiger partial charge in [-0.1, -0.05) is 137 Å². The number of carboxylic acids is 1. The summed E-state index contributed by atoms with van der Waals surface area (Å²) in [5.41, 5.74) is 16.2. The number of aryl methyl sites for hydroxylation is 2. The summed E-state index contributed by atoms with van der Waals surface area (Å²) < 4.78 is 77.3. The van der Waals surface area contributed by atoms with Crippen LogP contribution < -0.4 is 11.1 Å². The molecule has 0 fully saturated rings. The summed E-state index contributed by atoms with van der Waals surface area (Å²) in [6, 6.07) is 42.9. The Bertz CT molecular complexity index is 3110. The highest BCUT2D eigenvalue weighted by Gasteiger charge is 2.31. The Kier molecular flexibility index (Phi) is 29.4. The smallest absolute Gasteiger partial charge is 0.416 e. The summed E-state index contributed by atoms with van der Waals surface area (Å²) >= 11 is 0. The first-order valence-electron chi connectivity index (χ1n) is 23.7. The minimum atomic E-state index is -4.39. The minimum Gasteiger partial charge on any atom is -0.478 e. The maximum atomic E-state index is 12.9. The molecule has 0 aliphatic carbocycles. The molecule has 6 aromatic carbocycles. The quantitative estimate of drug-likeness (QED) is 0.0238. The van der Waals surface area contributed by atoms with Crippen LogP contribution in [-0.4, -0.2) is 50.1 Å². The van der Waals surface area contributed by atoms with Crippen molar-refractivity contribution in [3.63, 3.8) is 0 Å². The monoisotopic (exact) mass is 1080 g/mol. The number of azide groups is 1. The molecule has 1 aromatic heterocycles. The summed E-state index contributed by atoms with van der Waals surface area (Å²) in [5, 5.41) is 22.2. The van der Waals surface area contributed by atoms with E-state index in [-0.39, 0.29) is 37.1 Å². The van der Waals surface area contributed by atoms with Crippen molar-refractivity contribution in [1.29, 1.82) is 0 Å². The van der Waals surface area contributed by atoms with Gasteiger partial charge in [-0.3, -0.25) is 14.4 Å². The summed E-state index contributed by atoms with van der Waals surface area (Å²) in [6.07, 6.45) is 9.53. The molecule has 0 radical (unpaired) electrons. The Labute approximate surface area is 454 Å². The number of nitrogens with two attached hydrogens (primary N) is 1. The third-order valence-electron chi connectivity index (χ3n) is 9.97. The number of aromatic nitrogens is 3. The third-order valence-corrected chi connectivity index (χ3v) is 9.97. The fraction of sp³-hybridized carbons (Fsp3) is 0.200. The van der Waals surface area contributed by atoms with Crippen molar-refractivity contribution in [3.8, 4) is 37.0 Å². The summed E-state index contributed by atoms with van der Waals surface area (Å²) in [7, 11) is 0. The van der Waals surface area contributed by atoms with Crippen LogP contribution in [0.4, 0.5) is 26.3 Å². The SMILES string of the molecule is C#CCCC(=O)c1ccccc1.C#CCCC(=O)c1ccccc1.C#CCN.Cc1cc(CN=[N+]=[N-])cc(C(F)(F)F)c1.Cc1cc(Cn2cc(CNC(=O)c3ccccc3)nn2)cc(C(F)(F)F)c1.O=C(O)c1ccccc1. The second kappa shape index (κ2) is 35.5. The molecule has 0 unspecified atom stereocenters. The van der Waals surface area contributed by atoms with Crippen LogP contribution in [0.15, 0.2) is 169 Å². The van der Waals surface area contributed by atoms with Crippen LogP contribution in [0.1, 0.15) is 106 Å². The largest absolute Gasteiger partial charge is 0.478 e. The van der Waals surface area contributed by atoms with Gasteiger partial charge in [0.25, 0.3) is 5.91 Å². The zero-order valence-corrected chi connectivity index (χ0v) is 43.1. The lowest BCUT2D eigenvalue weighted by atomic mass is 10.1. The lowest BCUT2D eigenvalue weighted by molar-refractivity contribution is -0.138. The summed E-state index contributed by atoms with van der Waals surface area (Å²) in [4.78, 5) is 47.3. The lowest BCUT2D eigenvalue weighted by Crippen LogP contribution is -2.22. The van der Waals surface area contributed by atoms with Gasteiger partial charge in [-0.25, -0.2) is 9.48 Å². The molecule has 1 heterocycles. The molecule has 1 amide bonds. The molecule has 7 rings (SSSR count). The molecule has 19 heteroatoms. The van der Waals surface area contributed by atoms with Gasteiger partial charge in [0.2, 0.25) is 0 Å². The molecule has 0 aliphatic rings. The van der Waals surface area contributed by atoms with Gasteiger partial charge >= 0.3 is 18.3 Å². The van der Waals surface area contributed by atoms with Crippen molar-refractivity contribution < 1.29 is 50.6 Å². The van der Waals surface area contributed by atoms with E-state index < -0.39 is 29.4 Å². The van der Waals surface area contributed by atoms with Crippen LogP contribution in [0, 0.1) is 50.9 Å². The highest BCUT2D eigenvalue weighted by atomic mass is 19.4. The Morgan fingerprint density at radius 2 is 1.05 bits per heavy atom. The normalized spacial score (nSPS) is 9.95. The van der Waals surface area contributed by atoms with Crippen molar-refractivity contribution in [2.45, 2.75) is 71.5 Å². The number of halogens is 6. The number of hydrogen-bond donors (Lipinski definition) is 3. The number of nitrogens with one attached hydrogen (secondary N) is 1. The van der Waals surface area contributed by atoms with Gasteiger partial charge in [0.1, 0.15) is 5.69 Å². The molecule has 0 bridgehead atoms. The van der Waals surface area contributed by atoms with Crippen LogP contribution in [-0.2, 0) is 32.0 Å². The minimum absolute atomic E-state index is 0.0682. The number of carbonyl (C=O) groups is 4. The van der Waals surface area contributed by atoms with Crippen molar-refractivity contribution in [1.82, 2.24) is 20.3 Å². The topological polar surface area (TPSA) is 206 Å². The van der Waals surface area contributed by atoms with E-state index in [1.165, 1.54) is 4.68 Å². The van der Waals surface area contributed by atoms with Gasteiger partial charge < -0.3 is 16.2 Å². The first-order valence-corrected chi connectivity index (χ1v) is 23.7. The second-order valence-electron chi connectivity index (χ2n) is 16.3. The molecule has 4 N–H and O–H groups in total. The molecule has 0 spiro atoms. The van der Waals surface area contributed by atoms with Crippen LogP contribution in [0.5, 0.6) is 0 Å².